The molecule has 138 valence electrons. The van der Waals surface area contributed by atoms with E-state index in [-0.39, 0.29) is 17.7 Å². The standard InChI is InChI=1S/C22H15FN2O3/c23-14-4-1-12(2-5-14)13-3-6-15-17(21(26)25-20(15)9-13)10-19-16-7-8-28-22(27)18(16)11-24-19/h1-6,9-11,24H,7-8H2,(H,25,26)/b17-10-. The van der Waals surface area contributed by atoms with Crippen LogP contribution < -0.4 is 5.32 Å². The van der Waals surface area contributed by atoms with Crippen molar-refractivity contribution >= 4 is 29.2 Å². The third-order valence-corrected chi connectivity index (χ3v) is 5.10. The summed E-state index contributed by atoms with van der Waals surface area (Å²) in [6, 6.07) is 11.9. The van der Waals surface area contributed by atoms with Gasteiger partial charge in [-0.05, 0) is 41.0 Å². The molecule has 2 N–H and O–H groups in total. The molecule has 28 heavy (non-hydrogen) atoms. The first-order valence-corrected chi connectivity index (χ1v) is 8.91. The molecule has 0 fully saturated rings. The number of carbonyl (C=O) groups is 2. The molecule has 0 spiro atoms. The summed E-state index contributed by atoms with van der Waals surface area (Å²) in [5.41, 5.74) is 5.91. The van der Waals surface area contributed by atoms with Crippen LogP contribution in [0.2, 0.25) is 0 Å². The van der Waals surface area contributed by atoms with Crippen molar-refractivity contribution in [1.29, 1.82) is 0 Å². The number of hydrogen-bond acceptors (Lipinski definition) is 3. The van der Waals surface area contributed by atoms with Crippen molar-refractivity contribution in [3.63, 3.8) is 0 Å². The molecule has 1 aromatic heterocycles. The van der Waals surface area contributed by atoms with Gasteiger partial charge in [0.15, 0.2) is 0 Å². The maximum Gasteiger partial charge on any atom is 0.339 e. The van der Waals surface area contributed by atoms with Crippen molar-refractivity contribution in [3.05, 3.63) is 76.9 Å². The fourth-order valence-corrected chi connectivity index (χ4v) is 3.68. The van der Waals surface area contributed by atoms with Gasteiger partial charge in [0.05, 0.1) is 17.7 Å². The fourth-order valence-electron chi connectivity index (χ4n) is 3.68. The van der Waals surface area contributed by atoms with Gasteiger partial charge in [0, 0.05) is 29.6 Å². The molecule has 0 saturated carbocycles. The van der Waals surface area contributed by atoms with E-state index in [1.807, 2.05) is 18.2 Å². The zero-order valence-electron chi connectivity index (χ0n) is 14.7. The fraction of sp³-hybridized carbons (Fsp3) is 0.0909. The van der Waals surface area contributed by atoms with Gasteiger partial charge in [-0.1, -0.05) is 24.3 Å². The zero-order chi connectivity index (χ0) is 19.3. The van der Waals surface area contributed by atoms with Crippen molar-refractivity contribution in [2.45, 2.75) is 6.42 Å². The molecule has 2 aliphatic rings. The molecule has 3 heterocycles. The molecule has 0 aliphatic carbocycles. The Kier molecular flexibility index (Phi) is 3.65. The number of H-pyrrole nitrogens is 1. The van der Waals surface area contributed by atoms with Crippen molar-refractivity contribution in [2.24, 2.45) is 0 Å². The number of benzene rings is 2. The summed E-state index contributed by atoms with van der Waals surface area (Å²) in [7, 11) is 0. The lowest BCUT2D eigenvalue weighted by Gasteiger charge is -2.12. The predicted octanol–water partition coefficient (Wildman–Crippen LogP) is 4.03. The smallest absolute Gasteiger partial charge is 0.339 e. The Hall–Kier alpha value is -3.67. The first-order valence-electron chi connectivity index (χ1n) is 8.91. The number of aromatic amines is 1. The second-order valence-corrected chi connectivity index (χ2v) is 6.76. The highest BCUT2D eigenvalue weighted by Crippen LogP contribution is 2.37. The van der Waals surface area contributed by atoms with Crippen LogP contribution in [0.4, 0.5) is 10.1 Å². The van der Waals surface area contributed by atoms with Crippen LogP contribution in [0, 0.1) is 5.82 Å². The average molecular weight is 374 g/mol. The van der Waals surface area contributed by atoms with E-state index in [4.69, 9.17) is 4.74 Å². The van der Waals surface area contributed by atoms with Crippen molar-refractivity contribution in [1.82, 2.24) is 4.98 Å². The highest BCUT2D eigenvalue weighted by molar-refractivity contribution is 6.35. The number of carbonyl (C=O) groups excluding carboxylic acids is 2. The van der Waals surface area contributed by atoms with Gasteiger partial charge in [0.1, 0.15) is 5.82 Å². The molecule has 0 atom stereocenters. The molecule has 1 amide bonds. The number of ether oxygens (including phenoxy) is 1. The van der Waals surface area contributed by atoms with Crippen LogP contribution in [0.3, 0.4) is 0 Å². The lowest BCUT2D eigenvalue weighted by molar-refractivity contribution is -0.110. The van der Waals surface area contributed by atoms with Crippen LogP contribution in [-0.2, 0) is 16.0 Å². The molecule has 0 saturated heterocycles. The van der Waals surface area contributed by atoms with Crippen molar-refractivity contribution in [3.8, 4) is 11.1 Å². The van der Waals surface area contributed by atoms with Crippen LogP contribution in [0.1, 0.15) is 27.2 Å². The highest BCUT2D eigenvalue weighted by atomic mass is 19.1. The monoisotopic (exact) mass is 374 g/mol. The minimum Gasteiger partial charge on any atom is -0.462 e. The minimum atomic E-state index is -0.345. The SMILES string of the molecule is O=C1Nc2cc(-c3ccc(F)cc3)ccc2/C1=C/c1[nH]cc2c1CCOC2=O. The number of cyclic esters (lactones) is 1. The maximum absolute atomic E-state index is 13.2. The third-order valence-electron chi connectivity index (χ3n) is 5.10. The Morgan fingerprint density at radius 3 is 2.61 bits per heavy atom. The number of fused-ring (bicyclic) bond motifs is 2. The first kappa shape index (κ1) is 16.5. The number of rotatable bonds is 2. The van der Waals surface area contributed by atoms with Gasteiger partial charge in [-0.25, -0.2) is 9.18 Å². The number of halogens is 1. The third kappa shape index (κ3) is 2.62. The molecule has 2 aromatic carbocycles. The average Bonchev–Trinajstić information content (AvgIpc) is 3.24. The molecular weight excluding hydrogens is 359 g/mol. The summed E-state index contributed by atoms with van der Waals surface area (Å²) >= 11 is 0. The van der Waals surface area contributed by atoms with Gasteiger partial charge >= 0.3 is 5.97 Å². The summed E-state index contributed by atoms with van der Waals surface area (Å²) in [5.74, 6) is -0.836. The van der Waals surface area contributed by atoms with E-state index < -0.39 is 0 Å². The summed E-state index contributed by atoms with van der Waals surface area (Å²) in [6.45, 7) is 0.337. The summed E-state index contributed by atoms with van der Waals surface area (Å²) in [4.78, 5) is 27.4. The number of amides is 1. The largest absolute Gasteiger partial charge is 0.462 e. The molecule has 6 heteroatoms. The Bertz CT molecular complexity index is 1160. The van der Waals surface area contributed by atoms with Gasteiger partial charge in [0.25, 0.3) is 5.91 Å². The van der Waals surface area contributed by atoms with Crippen LogP contribution in [0.15, 0.2) is 48.7 Å². The molecule has 5 rings (SSSR count). The lowest BCUT2D eigenvalue weighted by atomic mass is 9.98. The van der Waals surface area contributed by atoms with E-state index in [9.17, 15) is 14.0 Å². The number of nitrogens with one attached hydrogen (secondary N) is 2. The topological polar surface area (TPSA) is 71.2 Å². The second kappa shape index (κ2) is 6.20. The molecule has 3 aromatic rings. The normalized spacial score (nSPS) is 16.5. The molecule has 2 aliphatic heterocycles. The quantitative estimate of drug-likeness (QED) is 0.526. The number of esters is 1. The number of hydrogen-bond donors (Lipinski definition) is 2. The second-order valence-electron chi connectivity index (χ2n) is 6.76. The van der Waals surface area contributed by atoms with E-state index in [0.717, 1.165) is 27.9 Å². The summed E-state index contributed by atoms with van der Waals surface area (Å²) in [5, 5.41) is 2.88. The Morgan fingerprint density at radius 1 is 1.00 bits per heavy atom. The van der Waals surface area contributed by atoms with Crippen LogP contribution in [-0.4, -0.2) is 23.5 Å². The minimum absolute atomic E-state index is 0.201. The van der Waals surface area contributed by atoms with E-state index in [2.05, 4.69) is 10.3 Å². The molecular formula is C22H15FN2O3. The van der Waals surface area contributed by atoms with E-state index in [1.165, 1.54) is 12.1 Å². The van der Waals surface area contributed by atoms with Crippen LogP contribution >= 0.6 is 0 Å². The predicted molar refractivity (Wildman–Crippen MR) is 103 cm³/mol. The van der Waals surface area contributed by atoms with E-state index >= 15 is 0 Å². The summed E-state index contributed by atoms with van der Waals surface area (Å²) < 4.78 is 18.2. The van der Waals surface area contributed by atoms with Crippen molar-refractivity contribution < 1.29 is 18.7 Å². The van der Waals surface area contributed by atoms with Crippen LogP contribution in [0.5, 0.6) is 0 Å². The van der Waals surface area contributed by atoms with Gasteiger partial charge in [0.2, 0.25) is 0 Å². The Balaban J connectivity index is 1.54. The van der Waals surface area contributed by atoms with Gasteiger partial charge in [-0.2, -0.15) is 0 Å². The van der Waals surface area contributed by atoms with E-state index in [1.54, 1.807) is 24.4 Å². The Morgan fingerprint density at radius 2 is 1.79 bits per heavy atom. The van der Waals surface area contributed by atoms with Crippen LogP contribution in [0.25, 0.3) is 22.8 Å². The van der Waals surface area contributed by atoms with Gasteiger partial charge in [-0.15, -0.1) is 0 Å². The lowest BCUT2D eigenvalue weighted by Crippen LogP contribution is -2.16. The zero-order valence-corrected chi connectivity index (χ0v) is 14.7. The van der Waals surface area contributed by atoms with Crippen molar-refractivity contribution in [2.75, 3.05) is 11.9 Å². The molecule has 0 radical (unpaired) electrons. The highest BCUT2D eigenvalue weighted by Gasteiger charge is 2.27. The number of aromatic nitrogens is 1. The number of anilines is 1. The summed E-state index contributed by atoms with van der Waals surface area (Å²) in [6.07, 6.45) is 4.01. The Labute approximate surface area is 159 Å². The maximum atomic E-state index is 13.2. The molecule has 5 nitrogen and oxygen atoms in total. The first-order chi connectivity index (χ1) is 13.6. The van der Waals surface area contributed by atoms with E-state index in [0.29, 0.717) is 29.9 Å². The molecule has 0 bridgehead atoms. The molecule has 0 unspecified atom stereocenters. The van der Waals surface area contributed by atoms with Gasteiger partial charge in [-0.3, -0.25) is 4.79 Å². The van der Waals surface area contributed by atoms with Gasteiger partial charge < -0.3 is 15.0 Å².